The molecule has 2 heterocycles. The quantitative estimate of drug-likeness (QED) is 0.751. The molecule has 1 aliphatic rings. The van der Waals surface area contributed by atoms with Gasteiger partial charge in [-0.3, -0.25) is 4.79 Å². The van der Waals surface area contributed by atoms with Crippen molar-refractivity contribution in [3.8, 4) is 0 Å². The highest BCUT2D eigenvalue weighted by Crippen LogP contribution is 2.27. The Kier molecular flexibility index (Phi) is 2.56. The third-order valence-electron chi connectivity index (χ3n) is 2.11. The molecule has 0 radical (unpaired) electrons. The largest absolute Gasteiger partial charge is 0.431 e. The number of carbonyl (C=O) groups excluding carboxylic acids is 1. The van der Waals surface area contributed by atoms with Crippen LogP contribution in [0.5, 0.6) is 0 Å². The summed E-state index contributed by atoms with van der Waals surface area (Å²) in [6.07, 6.45) is -4.18. The van der Waals surface area contributed by atoms with Crippen LogP contribution >= 0.6 is 0 Å². The first kappa shape index (κ1) is 11.5. The molecule has 8 heteroatoms. The van der Waals surface area contributed by atoms with Crippen LogP contribution in [0.3, 0.4) is 0 Å². The molecule has 1 aromatic heterocycles. The minimum atomic E-state index is -4.59. The first-order valence-electron chi connectivity index (χ1n) is 4.64. The van der Waals surface area contributed by atoms with E-state index in [0.717, 1.165) is 0 Å². The van der Waals surface area contributed by atoms with Gasteiger partial charge in [-0.1, -0.05) is 0 Å². The molecule has 90 valence electrons. The minimum absolute atomic E-state index is 0.0433. The van der Waals surface area contributed by atoms with Crippen molar-refractivity contribution in [2.24, 2.45) is 5.10 Å². The van der Waals surface area contributed by atoms with E-state index in [1.807, 2.05) is 0 Å². The summed E-state index contributed by atoms with van der Waals surface area (Å²) in [6.45, 7) is 1.64. The van der Waals surface area contributed by atoms with E-state index in [-0.39, 0.29) is 5.82 Å². The second kappa shape index (κ2) is 3.79. The average molecular weight is 244 g/mol. The van der Waals surface area contributed by atoms with Crippen LogP contribution < -0.4 is 5.01 Å². The number of carbonyl (C=O) groups is 1. The third-order valence-corrected chi connectivity index (χ3v) is 2.11. The van der Waals surface area contributed by atoms with Crippen LogP contribution in [0.25, 0.3) is 0 Å². The van der Waals surface area contributed by atoms with Crippen LogP contribution in [-0.4, -0.2) is 27.8 Å². The summed E-state index contributed by atoms with van der Waals surface area (Å²) < 4.78 is 37.1. The van der Waals surface area contributed by atoms with Gasteiger partial charge in [-0.2, -0.15) is 23.3 Å². The Bertz CT molecular complexity index is 497. The van der Waals surface area contributed by atoms with Gasteiger partial charge < -0.3 is 0 Å². The monoisotopic (exact) mass is 244 g/mol. The normalized spacial score (nSPS) is 16.4. The Labute approximate surface area is 94.0 Å². The molecule has 1 amide bonds. The zero-order chi connectivity index (χ0) is 12.6. The molecular weight excluding hydrogens is 237 g/mol. The van der Waals surface area contributed by atoms with Gasteiger partial charge in [0, 0.05) is 11.8 Å². The van der Waals surface area contributed by atoms with Crippen LogP contribution in [0.15, 0.2) is 17.5 Å². The topological polar surface area (TPSA) is 58.5 Å². The van der Waals surface area contributed by atoms with E-state index in [0.29, 0.717) is 10.7 Å². The number of nitrogens with zero attached hydrogens (tertiary/aromatic N) is 4. The fourth-order valence-electron chi connectivity index (χ4n) is 1.32. The molecule has 0 unspecified atom stereocenters. The van der Waals surface area contributed by atoms with E-state index in [2.05, 4.69) is 15.1 Å². The van der Waals surface area contributed by atoms with E-state index in [9.17, 15) is 18.0 Å². The van der Waals surface area contributed by atoms with Crippen molar-refractivity contribution in [1.29, 1.82) is 0 Å². The molecule has 0 saturated carbocycles. The van der Waals surface area contributed by atoms with Gasteiger partial charge in [0.1, 0.15) is 6.33 Å². The smallest absolute Gasteiger partial charge is 0.272 e. The molecule has 1 aromatic rings. The van der Waals surface area contributed by atoms with E-state index in [4.69, 9.17) is 0 Å². The molecule has 0 N–H and O–H groups in total. The van der Waals surface area contributed by atoms with Crippen molar-refractivity contribution < 1.29 is 18.0 Å². The number of hydrazone groups is 1. The standard InChI is InChI=1S/C9H7F3N4O/c1-5-2-7(14-4-13-5)16-8(17)3-6(15-16)9(10,11)12/h2,4H,3H2,1H3. The number of aryl methyl sites for hydroxylation is 1. The Morgan fingerprint density at radius 2 is 2.06 bits per heavy atom. The zero-order valence-corrected chi connectivity index (χ0v) is 8.69. The highest BCUT2D eigenvalue weighted by molar-refractivity contribution is 6.14. The molecule has 0 bridgehead atoms. The summed E-state index contributed by atoms with van der Waals surface area (Å²) >= 11 is 0. The van der Waals surface area contributed by atoms with Crippen LogP contribution in [0.1, 0.15) is 12.1 Å². The zero-order valence-electron chi connectivity index (χ0n) is 8.69. The van der Waals surface area contributed by atoms with Crippen LogP contribution in [-0.2, 0) is 4.79 Å². The first-order chi connectivity index (χ1) is 7.88. The van der Waals surface area contributed by atoms with Crippen molar-refractivity contribution in [2.45, 2.75) is 19.5 Å². The maximum absolute atomic E-state index is 12.4. The fourth-order valence-corrected chi connectivity index (χ4v) is 1.32. The van der Waals surface area contributed by atoms with Gasteiger partial charge in [0.05, 0.1) is 6.42 Å². The predicted octanol–water partition coefficient (Wildman–Crippen LogP) is 1.44. The first-order valence-corrected chi connectivity index (χ1v) is 4.64. The molecule has 2 rings (SSSR count). The van der Waals surface area contributed by atoms with Gasteiger partial charge in [0.15, 0.2) is 11.5 Å². The lowest BCUT2D eigenvalue weighted by molar-refractivity contribution is -0.117. The van der Waals surface area contributed by atoms with E-state index < -0.39 is 24.2 Å². The van der Waals surface area contributed by atoms with Crippen LogP contribution in [0.4, 0.5) is 19.0 Å². The van der Waals surface area contributed by atoms with Gasteiger partial charge in [0.2, 0.25) is 0 Å². The molecule has 0 saturated heterocycles. The van der Waals surface area contributed by atoms with Gasteiger partial charge in [-0.05, 0) is 6.92 Å². The van der Waals surface area contributed by atoms with E-state index in [1.165, 1.54) is 12.4 Å². The number of aromatic nitrogens is 2. The van der Waals surface area contributed by atoms with E-state index >= 15 is 0 Å². The summed E-state index contributed by atoms with van der Waals surface area (Å²) in [6, 6.07) is 1.39. The SMILES string of the molecule is Cc1cc(N2N=C(C(F)(F)F)CC2=O)ncn1. The van der Waals surface area contributed by atoms with E-state index in [1.54, 1.807) is 6.92 Å². The molecule has 5 nitrogen and oxygen atoms in total. The lowest BCUT2D eigenvalue weighted by atomic mass is 10.2. The van der Waals surface area contributed by atoms with Crippen molar-refractivity contribution in [1.82, 2.24) is 9.97 Å². The Morgan fingerprint density at radius 3 is 2.59 bits per heavy atom. The van der Waals surface area contributed by atoms with Crippen molar-refractivity contribution in [2.75, 3.05) is 5.01 Å². The van der Waals surface area contributed by atoms with Crippen molar-refractivity contribution in [3.05, 3.63) is 18.1 Å². The van der Waals surface area contributed by atoms with Gasteiger partial charge in [-0.15, -0.1) is 0 Å². The third kappa shape index (κ3) is 2.24. The maximum atomic E-state index is 12.4. The Hall–Kier alpha value is -1.99. The highest BCUT2D eigenvalue weighted by atomic mass is 19.4. The second-order valence-electron chi connectivity index (χ2n) is 3.44. The number of amides is 1. The number of hydrogen-bond donors (Lipinski definition) is 0. The summed E-state index contributed by atoms with van der Waals surface area (Å²) in [4.78, 5) is 18.9. The molecule has 0 aliphatic carbocycles. The molecule has 17 heavy (non-hydrogen) atoms. The number of anilines is 1. The summed E-state index contributed by atoms with van der Waals surface area (Å²) in [5.41, 5.74) is -0.572. The number of alkyl halides is 3. The molecule has 1 aliphatic heterocycles. The van der Waals surface area contributed by atoms with Crippen molar-refractivity contribution in [3.63, 3.8) is 0 Å². The lowest BCUT2D eigenvalue weighted by Gasteiger charge is -2.09. The van der Waals surface area contributed by atoms with Gasteiger partial charge >= 0.3 is 6.18 Å². The molecule has 0 atom stereocenters. The Balaban J connectivity index is 2.34. The van der Waals surface area contributed by atoms with Crippen molar-refractivity contribution >= 4 is 17.4 Å². The molecule has 0 fully saturated rings. The maximum Gasteiger partial charge on any atom is 0.431 e. The second-order valence-corrected chi connectivity index (χ2v) is 3.44. The number of rotatable bonds is 1. The van der Waals surface area contributed by atoms with Gasteiger partial charge in [0.25, 0.3) is 5.91 Å². The summed E-state index contributed by atoms with van der Waals surface area (Å²) in [7, 11) is 0. The molecule has 0 spiro atoms. The fraction of sp³-hybridized carbons (Fsp3) is 0.333. The summed E-state index contributed by atoms with van der Waals surface area (Å²) in [5.74, 6) is -0.711. The predicted molar refractivity (Wildman–Crippen MR) is 52.4 cm³/mol. The van der Waals surface area contributed by atoms with Crippen LogP contribution in [0, 0.1) is 6.92 Å². The molecular formula is C9H7F3N4O. The Morgan fingerprint density at radius 1 is 1.35 bits per heavy atom. The minimum Gasteiger partial charge on any atom is -0.272 e. The average Bonchev–Trinajstić information content (AvgIpc) is 2.60. The highest BCUT2D eigenvalue weighted by Gasteiger charge is 2.43. The van der Waals surface area contributed by atoms with Gasteiger partial charge in [-0.25, -0.2) is 9.97 Å². The number of hydrogen-bond acceptors (Lipinski definition) is 4. The number of halogens is 3. The van der Waals surface area contributed by atoms with Crippen LogP contribution in [0.2, 0.25) is 0 Å². The molecule has 0 aromatic carbocycles. The summed E-state index contributed by atoms with van der Waals surface area (Å²) in [5, 5.41) is 3.89. The lowest BCUT2D eigenvalue weighted by Crippen LogP contribution is -2.22.